The second-order valence-corrected chi connectivity index (χ2v) is 5.84. The summed E-state index contributed by atoms with van der Waals surface area (Å²) in [7, 11) is 4.24. The number of likely N-dealkylation sites (N-methyl/N-ethyl adjacent to an activating group) is 1. The monoisotopic (exact) mass is 242 g/mol. The molecule has 1 aliphatic carbocycles. The standard InChI is InChI=1S/C14H30N2O/c1-5-16(10-6-9-15(3)4)13-11-12(2)7-8-14(13)17/h12-14,17H,5-11H2,1-4H3. The van der Waals surface area contributed by atoms with E-state index in [9.17, 15) is 5.11 Å². The van der Waals surface area contributed by atoms with Gasteiger partial charge < -0.3 is 10.0 Å². The van der Waals surface area contributed by atoms with E-state index in [0.717, 1.165) is 38.4 Å². The quantitative estimate of drug-likeness (QED) is 0.769. The fraction of sp³-hybridized carbons (Fsp3) is 1.00. The first-order valence-corrected chi connectivity index (χ1v) is 7.11. The summed E-state index contributed by atoms with van der Waals surface area (Å²) in [5.41, 5.74) is 0. The maximum atomic E-state index is 10.1. The summed E-state index contributed by atoms with van der Waals surface area (Å²) >= 11 is 0. The van der Waals surface area contributed by atoms with Crippen molar-refractivity contribution in [1.29, 1.82) is 0 Å². The Morgan fingerprint density at radius 2 is 1.88 bits per heavy atom. The van der Waals surface area contributed by atoms with Crippen LogP contribution in [-0.2, 0) is 0 Å². The maximum Gasteiger partial charge on any atom is 0.0695 e. The molecule has 0 radical (unpaired) electrons. The predicted octanol–water partition coefficient (Wildman–Crippen LogP) is 1.81. The molecule has 17 heavy (non-hydrogen) atoms. The van der Waals surface area contributed by atoms with Gasteiger partial charge in [0, 0.05) is 6.04 Å². The summed E-state index contributed by atoms with van der Waals surface area (Å²) in [5.74, 6) is 0.770. The van der Waals surface area contributed by atoms with Gasteiger partial charge in [-0.25, -0.2) is 0 Å². The summed E-state index contributed by atoms with van der Waals surface area (Å²) in [5, 5.41) is 10.1. The van der Waals surface area contributed by atoms with Crippen molar-refractivity contribution in [3.8, 4) is 0 Å². The molecule has 0 aliphatic heterocycles. The van der Waals surface area contributed by atoms with E-state index in [2.05, 4.69) is 37.7 Å². The van der Waals surface area contributed by atoms with Crippen LogP contribution in [-0.4, -0.2) is 60.8 Å². The van der Waals surface area contributed by atoms with Crippen molar-refractivity contribution in [2.45, 2.75) is 51.7 Å². The van der Waals surface area contributed by atoms with E-state index in [1.165, 1.54) is 12.8 Å². The SMILES string of the molecule is CCN(CCCN(C)C)C1CC(C)CCC1O. The van der Waals surface area contributed by atoms with Crippen LogP contribution in [0.1, 0.15) is 39.5 Å². The van der Waals surface area contributed by atoms with E-state index in [1.807, 2.05) is 0 Å². The smallest absolute Gasteiger partial charge is 0.0695 e. The molecule has 1 rings (SSSR count). The van der Waals surface area contributed by atoms with Gasteiger partial charge in [0.2, 0.25) is 0 Å². The van der Waals surface area contributed by atoms with Gasteiger partial charge in [-0.2, -0.15) is 0 Å². The lowest BCUT2D eigenvalue weighted by molar-refractivity contribution is 0.00676. The highest BCUT2D eigenvalue weighted by atomic mass is 16.3. The van der Waals surface area contributed by atoms with Gasteiger partial charge in [-0.15, -0.1) is 0 Å². The Kier molecular flexibility index (Phi) is 6.45. The molecule has 0 aromatic carbocycles. The van der Waals surface area contributed by atoms with E-state index in [0.29, 0.717) is 6.04 Å². The Morgan fingerprint density at radius 3 is 2.47 bits per heavy atom. The molecule has 3 atom stereocenters. The zero-order chi connectivity index (χ0) is 12.8. The van der Waals surface area contributed by atoms with Crippen molar-refractivity contribution >= 4 is 0 Å². The maximum absolute atomic E-state index is 10.1. The van der Waals surface area contributed by atoms with Crippen LogP contribution in [0.2, 0.25) is 0 Å². The largest absolute Gasteiger partial charge is 0.391 e. The zero-order valence-electron chi connectivity index (χ0n) is 12.0. The van der Waals surface area contributed by atoms with Gasteiger partial charge in [-0.3, -0.25) is 4.90 Å². The molecule has 0 amide bonds. The molecule has 3 heteroatoms. The second-order valence-electron chi connectivity index (χ2n) is 5.84. The van der Waals surface area contributed by atoms with E-state index >= 15 is 0 Å². The Labute approximate surface area is 107 Å². The molecule has 0 aromatic heterocycles. The first kappa shape index (κ1) is 14.9. The van der Waals surface area contributed by atoms with Crippen LogP contribution < -0.4 is 0 Å². The summed E-state index contributed by atoms with van der Waals surface area (Å²) in [4.78, 5) is 4.71. The first-order valence-electron chi connectivity index (χ1n) is 7.11. The molecule has 3 unspecified atom stereocenters. The Hall–Kier alpha value is -0.120. The topological polar surface area (TPSA) is 26.7 Å². The first-order chi connectivity index (χ1) is 8.04. The molecule has 0 heterocycles. The second kappa shape index (κ2) is 7.34. The average Bonchev–Trinajstić information content (AvgIpc) is 2.28. The lowest BCUT2D eigenvalue weighted by Gasteiger charge is -2.39. The van der Waals surface area contributed by atoms with Gasteiger partial charge in [0.1, 0.15) is 0 Å². The van der Waals surface area contributed by atoms with Crippen LogP contribution in [0, 0.1) is 5.92 Å². The summed E-state index contributed by atoms with van der Waals surface area (Å²) in [6.45, 7) is 7.83. The van der Waals surface area contributed by atoms with Crippen LogP contribution in [0.3, 0.4) is 0 Å². The summed E-state index contributed by atoms with van der Waals surface area (Å²) in [6, 6.07) is 0.394. The van der Waals surface area contributed by atoms with Gasteiger partial charge in [-0.1, -0.05) is 13.8 Å². The normalized spacial score (nSPS) is 30.2. The minimum absolute atomic E-state index is 0.106. The molecule has 0 saturated heterocycles. The lowest BCUT2D eigenvalue weighted by Crippen LogP contribution is -2.47. The van der Waals surface area contributed by atoms with Gasteiger partial charge in [0.15, 0.2) is 0 Å². The molecule has 1 aliphatic rings. The van der Waals surface area contributed by atoms with Gasteiger partial charge in [0.25, 0.3) is 0 Å². The molecular weight excluding hydrogens is 212 g/mol. The average molecular weight is 242 g/mol. The predicted molar refractivity (Wildman–Crippen MR) is 73.2 cm³/mol. The number of aliphatic hydroxyl groups is 1. The highest BCUT2D eigenvalue weighted by Crippen LogP contribution is 2.27. The molecule has 102 valence electrons. The summed E-state index contributed by atoms with van der Waals surface area (Å²) < 4.78 is 0. The molecule has 0 spiro atoms. The van der Waals surface area contributed by atoms with Crippen molar-refractivity contribution in [1.82, 2.24) is 9.80 Å². The van der Waals surface area contributed by atoms with Crippen LogP contribution in [0.5, 0.6) is 0 Å². The fourth-order valence-electron chi connectivity index (χ4n) is 2.88. The molecular formula is C14H30N2O. The Balaban J connectivity index is 2.41. The number of rotatable bonds is 6. The van der Waals surface area contributed by atoms with Gasteiger partial charge >= 0.3 is 0 Å². The zero-order valence-corrected chi connectivity index (χ0v) is 12.0. The number of nitrogens with zero attached hydrogens (tertiary/aromatic N) is 2. The molecule has 1 fully saturated rings. The van der Waals surface area contributed by atoms with Crippen molar-refractivity contribution < 1.29 is 5.11 Å². The third kappa shape index (κ3) is 4.94. The highest BCUT2D eigenvalue weighted by molar-refractivity contribution is 4.85. The third-order valence-electron chi connectivity index (χ3n) is 3.97. The van der Waals surface area contributed by atoms with Gasteiger partial charge in [0.05, 0.1) is 6.10 Å². The highest BCUT2D eigenvalue weighted by Gasteiger charge is 2.30. The van der Waals surface area contributed by atoms with E-state index in [-0.39, 0.29) is 6.10 Å². The van der Waals surface area contributed by atoms with Crippen molar-refractivity contribution in [3.63, 3.8) is 0 Å². The van der Waals surface area contributed by atoms with E-state index < -0.39 is 0 Å². The van der Waals surface area contributed by atoms with Crippen molar-refractivity contribution in [2.75, 3.05) is 33.7 Å². The Morgan fingerprint density at radius 1 is 1.18 bits per heavy atom. The summed E-state index contributed by atoms with van der Waals surface area (Å²) in [6.07, 6.45) is 4.42. The molecule has 1 N–H and O–H groups in total. The minimum Gasteiger partial charge on any atom is -0.391 e. The lowest BCUT2D eigenvalue weighted by atomic mass is 9.84. The van der Waals surface area contributed by atoms with Crippen molar-refractivity contribution in [3.05, 3.63) is 0 Å². The van der Waals surface area contributed by atoms with Gasteiger partial charge in [-0.05, 0) is 65.3 Å². The van der Waals surface area contributed by atoms with Crippen LogP contribution in [0.15, 0.2) is 0 Å². The minimum atomic E-state index is -0.106. The van der Waals surface area contributed by atoms with E-state index in [4.69, 9.17) is 0 Å². The van der Waals surface area contributed by atoms with Crippen LogP contribution >= 0.6 is 0 Å². The number of hydrogen-bond acceptors (Lipinski definition) is 3. The Bertz CT molecular complexity index is 208. The molecule has 0 aromatic rings. The number of aliphatic hydroxyl groups excluding tert-OH is 1. The molecule has 3 nitrogen and oxygen atoms in total. The fourth-order valence-corrected chi connectivity index (χ4v) is 2.88. The van der Waals surface area contributed by atoms with E-state index in [1.54, 1.807) is 0 Å². The van der Waals surface area contributed by atoms with Crippen LogP contribution in [0.4, 0.5) is 0 Å². The van der Waals surface area contributed by atoms with Crippen molar-refractivity contribution in [2.24, 2.45) is 5.92 Å². The molecule has 0 bridgehead atoms. The number of hydrogen-bond donors (Lipinski definition) is 1. The van der Waals surface area contributed by atoms with Crippen LogP contribution in [0.25, 0.3) is 0 Å². The third-order valence-corrected chi connectivity index (χ3v) is 3.97. The molecule has 1 saturated carbocycles.